The highest BCUT2D eigenvalue weighted by atomic mass is 35.5. The Morgan fingerprint density at radius 3 is 2.52 bits per heavy atom. The average molecular weight is 298 g/mol. The van der Waals surface area contributed by atoms with E-state index in [0.717, 1.165) is 5.69 Å². The first kappa shape index (κ1) is 13.4. The van der Waals surface area contributed by atoms with Gasteiger partial charge in [0.1, 0.15) is 0 Å². The number of nitrogens with one attached hydrogen (secondary N) is 1. The molecule has 0 bridgehead atoms. The van der Waals surface area contributed by atoms with Crippen LogP contribution in [0.1, 0.15) is 10.4 Å². The van der Waals surface area contributed by atoms with Crippen LogP contribution in [0.4, 0.5) is 5.69 Å². The number of halogens is 1. The summed E-state index contributed by atoms with van der Waals surface area (Å²) in [6, 6.07) is 16.7. The molecule has 1 amide bonds. The summed E-state index contributed by atoms with van der Waals surface area (Å²) in [5.74, 6) is -0.245. The zero-order valence-corrected chi connectivity index (χ0v) is 11.8. The fourth-order valence-electron chi connectivity index (χ4n) is 1.92. The molecule has 21 heavy (non-hydrogen) atoms. The van der Waals surface area contributed by atoms with Gasteiger partial charge in [-0.15, -0.1) is 0 Å². The van der Waals surface area contributed by atoms with E-state index in [0.29, 0.717) is 16.3 Å². The molecule has 1 heterocycles. The van der Waals surface area contributed by atoms with E-state index in [2.05, 4.69) is 10.4 Å². The van der Waals surface area contributed by atoms with E-state index in [1.165, 1.54) is 6.20 Å². The zero-order chi connectivity index (χ0) is 14.7. The normalized spacial score (nSPS) is 10.3. The number of anilines is 1. The van der Waals surface area contributed by atoms with Gasteiger partial charge < -0.3 is 5.32 Å². The van der Waals surface area contributed by atoms with Crippen LogP contribution in [0.3, 0.4) is 0 Å². The molecule has 104 valence electrons. The molecule has 3 rings (SSSR count). The van der Waals surface area contributed by atoms with Crippen LogP contribution in [0.2, 0.25) is 5.02 Å². The Bertz CT molecular complexity index is 768. The summed E-state index contributed by atoms with van der Waals surface area (Å²) in [4.78, 5) is 12.2. The van der Waals surface area contributed by atoms with Gasteiger partial charge in [-0.2, -0.15) is 5.10 Å². The van der Waals surface area contributed by atoms with Crippen molar-refractivity contribution in [2.75, 3.05) is 5.32 Å². The van der Waals surface area contributed by atoms with Crippen LogP contribution < -0.4 is 5.32 Å². The third-order valence-electron chi connectivity index (χ3n) is 2.99. The third kappa shape index (κ3) is 2.95. The first-order valence-electron chi connectivity index (χ1n) is 6.40. The van der Waals surface area contributed by atoms with Gasteiger partial charge in [-0.25, -0.2) is 4.68 Å². The fourth-order valence-corrected chi connectivity index (χ4v) is 2.10. The standard InChI is InChI=1S/C16H12ClN3O/c17-14-8-4-5-9-15(14)19-16(21)12-10-18-20(11-12)13-6-2-1-3-7-13/h1-11H,(H,19,21). The Morgan fingerprint density at radius 1 is 1.05 bits per heavy atom. The quantitative estimate of drug-likeness (QED) is 0.800. The second kappa shape index (κ2) is 5.81. The summed E-state index contributed by atoms with van der Waals surface area (Å²) in [6.07, 6.45) is 3.21. The summed E-state index contributed by atoms with van der Waals surface area (Å²) in [5, 5.41) is 7.46. The van der Waals surface area contributed by atoms with Crippen molar-refractivity contribution in [1.29, 1.82) is 0 Å². The maximum atomic E-state index is 12.2. The van der Waals surface area contributed by atoms with Crippen LogP contribution in [-0.4, -0.2) is 15.7 Å². The Kier molecular flexibility index (Phi) is 3.71. The van der Waals surface area contributed by atoms with Crippen molar-refractivity contribution < 1.29 is 4.79 Å². The van der Waals surface area contributed by atoms with Crippen molar-refractivity contribution in [3.8, 4) is 5.69 Å². The lowest BCUT2D eigenvalue weighted by atomic mass is 10.3. The molecule has 0 aliphatic heterocycles. The highest BCUT2D eigenvalue weighted by Gasteiger charge is 2.11. The first-order valence-corrected chi connectivity index (χ1v) is 6.78. The van der Waals surface area contributed by atoms with Crippen molar-refractivity contribution in [2.45, 2.75) is 0 Å². The number of rotatable bonds is 3. The van der Waals surface area contributed by atoms with Gasteiger partial charge in [-0.3, -0.25) is 4.79 Å². The molecule has 0 fully saturated rings. The second-order valence-corrected chi connectivity index (χ2v) is 4.85. The Morgan fingerprint density at radius 2 is 1.76 bits per heavy atom. The number of hydrogen-bond acceptors (Lipinski definition) is 2. The molecule has 4 nitrogen and oxygen atoms in total. The van der Waals surface area contributed by atoms with E-state index >= 15 is 0 Å². The number of hydrogen-bond donors (Lipinski definition) is 1. The molecule has 0 saturated heterocycles. The topological polar surface area (TPSA) is 46.9 Å². The summed E-state index contributed by atoms with van der Waals surface area (Å²) >= 11 is 6.02. The van der Waals surface area contributed by atoms with E-state index in [4.69, 9.17) is 11.6 Å². The highest BCUT2D eigenvalue weighted by molar-refractivity contribution is 6.33. The lowest BCUT2D eigenvalue weighted by molar-refractivity contribution is 0.102. The number of aromatic nitrogens is 2. The molecule has 0 atom stereocenters. The second-order valence-electron chi connectivity index (χ2n) is 4.44. The van der Waals surface area contributed by atoms with Crippen LogP contribution in [0, 0.1) is 0 Å². The van der Waals surface area contributed by atoms with Crippen LogP contribution >= 0.6 is 11.6 Å². The number of carbonyl (C=O) groups excluding carboxylic acids is 1. The predicted octanol–water partition coefficient (Wildman–Crippen LogP) is 3.78. The molecule has 1 N–H and O–H groups in total. The van der Waals surface area contributed by atoms with Crippen LogP contribution in [-0.2, 0) is 0 Å². The lowest BCUT2D eigenvalue weighted by Crippen LogP contribution is -2.11. The Balaban J connectivity index is 1.80. The van der Waals surface area contributed by atoms with Crippen molar-refractivity contribution in [3.63, 3.8) is 0 Å². The molecule has 0 unspecified atom stereocenters. The van der Waals surface area contributed by atoms with Gasteiger partial charge in [-0.1, -0.05) is 41.9 Å². The number of amides is 1. The Labute approximate surface area is 127 Å². The SMILES string of the molecule is O=C(Nc1ccccc1Cl)c1cnn(-c2ccccc2)c1. The number of nitrogens with zero attached hydrogens (tertiary/aromatic N) is 2. The van der Waals surface area contributed by atoms with Gasteiger partial charge in [0.25, 0.3) is 5.91 Å². The fraction of sp³-hybridized carbons (Fsp3) is 0. The van der Waals surface area contributed by atoms with Gasteiger partial charge in [0.15, 0.2) is 0 Å². The molecular formula is C16H12ClN3O. The molecule has 0 aliphatic rings. The van der Waals surface area contributed by atoms with Crippen LogP contribution in [0.15, 0.2) is 67.0 Å². The van der Waals surface area contributed by atoms with Crippen molar-refractivity contribution >= 4 is 23.2 Å². The first-order chi connectivity index (χ1) is 10.2. The number of carbonyl (C=O) groups is 1. The number of para-hydroxylation sites is 2. The van der Waals surface area contributed by atoms with E-state index in [9.17, 15) is 4.79 Å². The van der Waals surface area contributed by atoms with Gasteiger partial charge >= 0.3 is 0 Å². The molecule has 2 aromatic carbocycles. The minimum atomic E-state index is -0.245. The maximum Gasteiger partial charge on any atom is 0.258 e. The monoisotopic (exact) mass is 297 g/mol. The molecule has 0 aliphatic carbocycles. The minimum absolute atomic E-state index is 0.245. The van der Waals surface area contributed by atoms with E-state index in [-0.39, 0.29) is 5.91 Å². The lowest BCUT2D eigenvalue weighted by Gasteiger charge is -2.05. The van der Waals surface area contributed by atoms with Crippen LogP contribution in [0.5, 0.6) is 0 Å². The smallest absolute Gasteiger partial charge is 0.258 e. The molecule has 5 heteroatoms. The summed E-state index contributed by atoms with van der Waals surface area (Å²) in [5.41, 5.74) is 1.95. The molecule has 3 aromatic rings. The van der Waals surface area contributed by atoms with Crippen LogP contribution in [0.25, 0.3) is 5.69 Å². The number of benzene rings is 2. The van der Waals surface area contributed by atoms with Crippen molar-refractivity contribution in [1.82, 2.24) is 9.78 Å². The summed E-state index contributed by atoms with van der Waals surface area (Å²) < 4.78 is 1.65. The third-order valence-corrected chi connectivity index (χ3v) is 3.32. The Hall–Kier alpha value is -2.59. The van der Waals surface area contributed by atoms with Gasteiger partial charge in [0.05, 0.1) is 28.2 Å². The average Bonchev–Trinajstić information content (AvgIpc) is 3.00. The molecule has 0 saturated carbocycles. The van der Waals surface area contributed by atoms with Crippen molar-refractivity contribution in [3.05, 3.63) is 77.6 Å². The largest absolute Gasteiger partial charge is 0.321 e. The molecular weight excluding hydrogens is 286 g/mol. The van der Waals surface area contributed by atoms with Crippen molar-refractivity contribution in [2.24, 2.45) is 0 Å². The minimum Gasteiger partial charge on any atom is -0.321 e. The maximum absolute atomic E-state index is 12.2. The van der Waals surface area contributed by atoms with E-state index < -0.39 is 0 Å². The van der Waals surface area contributed by atoms with Gasteiger partial charge in [0, 0.05) is 6.20 Å². The summed E-state index contributed by atoms with van der Waals surface area (Å²) in [6.45, 7) is 0. The molecule has 0 spiro atoms. The molecule has 1 aromatic heterocycles. The summed E-state index contributed by atoms with van der Waals surface area (Å²) in [7, 11) is 0. The van der Waals surface area contributed by atoms with Gasteiger partial charge in [0.2, 0.25) is 0 Å². The van der Waals surface area contributed by atoms with Gasteiger partial charge in [-0.05, 0) is 24.3 Å². The zero-order valence-electron chi connectivity index (χ0n) is 11.0. The predicted molar refractivity (Wildman–Crippen MR) is 83.0 cm³/mol. The van der Waals surface area contributed by atoms with E-state index in [1.54, 1.807) is 23.0 Å². The highest BCUT2D eigenvalue weighted by Crippen LogP contribution is 2.21. The molecule has 0 radical (unpaired) electrons. The van der Waals surface area contributed by atoms with E-state index in [1.807, 2.05) is 42.5 Å².